The molecule has 1 saturated heterocycles. The van der Waals surface area contributed by atoms with Crippen LogP contribution in [0.2, 0.25) is 0 Å². The van der Waals surface area contributed by atoms with E-state index >= 15 is 0 Å². The number of carbonyl (C=O) groups excluding carboxylic acids is 1. The van der Waals surface area contributed by atoms with Crippen molar-refractivity contribution in [1.29, 1.82) is 5.26 Å². The molecule has 1 unspecified atom stereocenters. The first kappa shape index (κ1) is 39.3. The van der Waals surface area contributed by atoms with E-state index in [0.717, 1.165) is 39.1 Å². The predicted molar refractivity (Wildman–Crippen MR) is 226 cm³/mol. The summed E-state index contributed by atoms with van der Waals surface area (Å²) < 4.78 is 30.5. The molecule has 6 atom stereocenters. The lowest BCUT2D eigenvalue weighted by Crippen LogP contribution is -2.68. The molecule has 5 aliphatic rings. The molecule has 9 rings (SSSR count). The molecule has 59 heavy (non-hydrogen) atoms. The Bertz CT molecular complexity index is 2330. The van der Waals surface area contributed by atoms with Crippen LogP contribution in [0.4, 0.5) is 0 Å². The summed E-state index contributed by atoms with van der Waals surface area (Å²) in [6.07, 6.45) is 3.15. The van der Waals surface area contributed by atoms with Crippen molar-refractivity contribution in [3.8, 4) is 45.9 Å². The first-order chi connectivity index (χ1) is 28.7. The van der Waals surface area contributed by atoms with E-state index in [-0.39, 0.29) is 49.8 Å². The van der Waals surface area contributed by atoms with Gasteiger partial charge in [-0.05, 0) is 67.1 Å². The van der Waals surface area contributed by atoms with Gasteiger partial charge in [0.15, 0.2) is 23.0 Å². The maximum Gasteiger partial charge on any atom is 0.323 e. The Balaban J connectivity index is 1.01. The maximum atomic E-state index is 13.6. The van der Waals surface area contributed by atoms with Crippen LogP contribution in [-0.2, 0) is 22.4 Å². The lowest BCUT2D eigenvalue weighted by Gasteiger charge is -2.60. The quantitative estimate of drug-likeness (QED) is 0.114. The van der Waals surface area contributed by atoms with Crippen molar-refractivity contribution >= 4 is 17.7 Å². The number of aryl methyl sites for hydroxylation is 1. The molecule has 0 radical (unpaired) electrons. The molecule has 0 aromatic heterocycles. The molecule has 0 amide bonds. The number of aromatic hydroxyl groups is 1. The van der Waals surface area contributed by atoms with Gasteiger partial charge >= 0.3 is 5.97 Å². The Labute approximate surface area is 349 Å². The van der Waals surface area contributed by atoms with Crippen LogP contribution in [0.25, 0.3) is 11.1 Å². The second kappa shape index (κ2) is 15.8. The molecule has 3 N–H and O–H groups in total. The van der Waals surface area contributed by atoms with E-state index in [1.165, 1.54) is 22.3 Å². The van der Waals surface area contributed by atoms with Crippen LogP contribution < -0.4 is 24.7 Å². The van der Waals surface area contributed by atoms with Crippen LogP contribution in [0, 0.1) is 25.2 Å². The third-order valence-electron chi connectivity index (χ3n) is 13.1. The predicted octanol–water partition coefficient (Wildman–Crippen LogP) is 6.89. The van der Waals surface area contributed by atoms with Gasteiger partial charge in [0.05, 0.1) is 25.8 Å². The average molecular weight is 815 g/mol. The Kier molecular flexibility index (Phi) is 10.5. The number of hydrogen-bond acceptors (Lipinski definition) is 12. The Morgan fingerprint density at radius 1 is 1.07 bits per heavy atom. The second-order valence-corrected chi connectivity index (χ2v) is 17.3. The number of methoxy groups -OCH3 is 1. The van der Waals surface area contributed by atoms with Gasteiger partial charge < -0.3 is 34.5 Å². The number of hydrogen-bond donors (Lipinski definition) is 2. The second-order valence-electron chi connectivity index (χ2n) is 16.2. The highest BCUT2D eigenvalue weighted by atomic mass is 32.2. The van der Waals surface area contributed by atoms with E-state index in [1.54, 1.807) is 24.9 Å². The van der Waals surface area contributed by atoms with Crippen LogP contribution in [0.5, 0.6) is 28.7 Å². The number of phenols is 1. The molecule has 4 aliphatic heterocycles. The summed E-state index contributed by atoms with van der Waals surface area (Å²) in [6.45, 7) is 8.20. The van der Waals surface area contributed by atoms with Gasteiger partial charge in [-0.1, -0.05) is 67.3 Å². The number of esters is 1. The summed E-state index contributed by atoms with van der Waals surface area (Å²) >= 11 is 1.66. The summed E-state index contributed by atoms with van der Waals surface area (Å²) in [5, 5.41) is 22.9. The van der Waals surface area contributed by atoms with Gasteiger partial charge in [-0.15, -0.1) is 0 Å². The van der Waals surface area contributed by atoms with Gasteiger partial charge in [0.2, 0.25) is 6.79 Å². The summed E-state index contributed by atoms with van der Waals surface area (Å²) in [4.78, 5) is 18.1. The first-order valence-corrected chi connectivity index (χ1v) is 21.5. The van der Waals surface area contributed by atoms with Crippen molar-refractivity contribution in [1.82, 2.24) is 9.80 Å². The van der Waals surface area contributed by atoms with E-state index in [9.17, 15) is 15.2 Å². The van der Waals surface area contributed by atoms with Crippen molar-refractivity contribution in [3.05, 3.63) is 112 Å². The molecule has 12 heteroatoms. The van der Waals surface area contributed by atoms with Crippen LogP contribution in [-0.4, -0.2) is 90.7 Å². The number of likely N-dealkylation sites (N-methyl/N-ethyl adjacent to an activating group) is 1. The van der Waals surface area contributed by atoms with Crippen LogP contribution in [0.1, 0.15) is 68.9 Å². The van der Waals surface area contributed by atoms with Gasteiger partial charge in [-0.2, -0.15) is 17.0 Å². The number of carbonyl (C=O) groups is 1. The Morgan fingerprint density at radius 3 is 2.47 bits per heavy atom. The van der Waals surface area contributed by atoms with Crippen LogP contribution in [0.3, 0.4) is 0 Å². The number of ether oxygens (including phenoxy) is 5. The van der Waals surface area contributed by atoms with E-state index in [1.807, 2.05) is 20.9 Å². The standard InChI is InChI=1S/C47H50N4O7S/c1-6-16-55-44-26(3)45-46(58-24-57-45)40-32(44)20-37-41-39-27(18-25(2)43(54-5)42(39)52)19-36(50(41)4)38(21-48)51(37)35(40)15-17-56-47(53)34(49)23-59-22-33-30-13-9-7-11-28(30)29-12-8-10-14-31(29)33/h6-14,18,33-38,41,52H,1,15-17,19-20,22-24,49H2,2-5H3/t34-,35-,36-,37?,38-,41+/m0/s1. The Morgan fingerprint density at radius 2 is 1.78 bits per heavy atom. The number of benzene rings is 4. The summed E-state index contributed by atoms with van der Waals surface area (Å²) in [6, 6.07) is 19.3. The number of fused-ring (bicyclic) bond motifs is 12. The van der Waals surface area contributed by atoms with Crippen molar-refractivity contribution < 1.29 is 33.6 Å². The molecule has 1 fully saturated rings. The minimum absolute atomic E-state index is 0.0548. The number of rotatable bonds is 12. The van der Waals surface area contributed by atoms with Gasteiger partial charge in [-0.25, -0.2) is 0 Å². The number of nitrogens with zero attached hydrogens (tertiary/aromatic N) is 3. The van der Waals surface area contributed by atoms with Crippen LogP contribution >= 0.6 is 11.8 Å². The lowest BCUT2D eigenvalue weighted by atomic mass is 9.71. The van der Waals surface area contributed by atoms with E-state index in [4.69, 9.17) is 29.4 Å². The highest BCUT2D eigenvalue weighted by molar-refractivity contribution is 7.99. The molecule has 1 aliphatic carbocycles. The highest BCUT2D eigenvalue weighted by Crippen LogP contribution is 2.59. The Hall–Kier alpha value is -5.19. The maximum absolute atomic E-state index is 13.6. The fourth-order valence-electron chi connectivity index (χ4n) is 10.7. The number of phenolic OH excluding ortho intramolecular Hbond substituents is 1. The SMILES string of the molecule is C=CCOc1c(C)c2c(c3c1CC1[C@@H]4c5c(cc(C)c(OC)c5O)C[C@@H]([C@H](C#N)N1[C@H]3CCOC(=O)[C@@H](N)CSCC1c3ccccc3-c3ccccc31)N4C)OCO2. The molecule has 0 spiro atoms. The van der Waals surface area contributed by atoms with Crippen molar-refractivity contribution in [2.75, 3.05) is 45.7 Å². The molecule has 4 aromatic carbocycles. The molecule has 0 saturated carbocycles. The number of nitriles is 1. The molecular formula is C47H50N4O7S. The third kappa shape index (κ3) is 6.33. The molecule has 306 valence electrons. The largest absolute Gasteiger partial charge is 0.504 e. The van der Waals surface area contributed by atoms with Crippen molar-refractivity contribution in [2.24, 2.45) is 5.73 Å². The van der Waals surface area contributed by atoms with Crippen LogP contribution in [0.15, 0.2) is 67.3 Å². The number of piperazine rings is 1. The molecule has 2 bridgehead atoms. The topological polar surface area (TPSA) is 140 Å². The van der Waals surface area contributed by atoms with E-state index in [0.29, 0.717) is 48.0 Å². The van der Waals surface area contributed by atoms with Crippen molar-refractivity contribution in [3.63, 3.8) is 0 Å². The van der Waals surface area contributed by atoms with Gasteiger partial charge in [0, 0.05) is 64.2 Å². The zero-order valence-electron chi connectivity index (χ0n) is 33.9. The molecule has 11 nitrogen and oxygen atoms in total. The monoisotopic (exact) mass is 814 g/mol. The smallest absolute Gasteiger partial charge is 0.323 e. The molecular weight excluding hydrogens is 765 g/mol. The lowest BCUT2D eigenvalue weighted by molar-refractivity contribution is -0.145. The summed E-state index contributed by atoms with van der Waals surface area (Å²) in [5.41, 5.74) is 17.0. The van der Waals surface area contributed by atoms with Gasteiger partial charge in [-0.3, -0.25) is 14.6 Å². The average Bonchev–Trinajstić information content (AvgIpc) is 3.85. The third-order valence-corrected chi connectivity index (χ3v) is 14.3. The zero-order chi connectivity index (χ0) is 41.1. The molecule has 4 heterocycles. The zero-order valence-corrected chi connectivity index (χ0v) is 34.7. The molecule has 4 aromatic rings. The number of thioether (sulfide) groups is 1. The number of nitrogens with two attached hydrogens (primary N) is 1. The van der Waals surface area contributed by atoms with Gasteiger partial charge in [0.1, 0.15) is 24.4 Å². The van der Waals surface area contributed by atoms with E-state index in [2.05, 4.69) is 77.0 Å². The highest BCUT2D eigenvalue weighted by Gasteiger charge is 2.56. The van der Waals surface area contributed by atoms with E-state index < -0.39 is 24.1 Å². The van der Waals surface area contributed by atoms with Crippen molar-refractivity contribution in [2.45, 2.75) is 75.3 Å². The summed E-state index contributed by atoms with van der Waals surface area (Å²) in [5.74, 6) is 3.48. The minimum atomic E-state index is -0.811. The minimum Gasteiger partial charge on any atom is -0.504 e. The fourth-order valence-corrected chi connectivity index (χ4v) is 11.8. The normalized spacial score (nSPS) is 22.9. The first-order valence-electron chi connectivity index (χ1n) is 20.3. The summed E-state index contributed by atoms with van der Waals surface area (Å²) in [7, 11) is 3.62. The van der Waals surface area contributed by atoms with Gasteiger partial charge in [0.25, 0.3) is 0 Å². The fraction of sp³-hybridized carbons (Fsp3) is 0.404.